The topological polar surface area (TPSA) is 61.4 Å². The Morgan fingerprint density at radius 2 is 2.00 bits per heavy atom. The summed E-state index contributed by atoms with van der Waals surface area (Å²) in [6, 6.07) is 8.58. The van der Waals surface area contributed by atoms with Crippen LogP contribution < -0.4 is 10.2 Å². The van der Waals surface area contributed by atoms with Gasteiger partial charge in [-0.25, -0.2) is 9.78 Å². The zero-order chi connectivity index (χ0) is 17.2. The Morgan fingerprint density at radius 1 is 1.20 bits per heavy atom. The van der Waals surface area contributed by atoms with E-state index in [-0.39, 0.29) is 6.03 Å². The van der Waals surface area contributed by atoms with Crippen LogP contribution in [0.2, 0.25) is 0 Å². The third kappa shape index (κ3) is 3.73. The van der Waals surface area contributed by atoms with Gasteiger partial charge in [0.15, 0.2) is 0 Å². The molecule has 2 aliphatic rings. The van der Waals surface area contributed by atoms with Gasteiger partial charge in [-0.3, -0.25) is 4.98 Å². The Kier molecular flexibility index (Phi) is 4.26. The van der Waals surface area contributed by atoms with Gasteiger partial charge >= 0.3 is 6.03 Å². The molecule has 130 valence electrons. The normalized spacial score (nSPS) is 17.0. The minimum absolute atomic E-state index is 0.0415. The molecular formula is C19H23N5O. The Bertz CT molecular complexity index is 760. The predicted octanol–water partition coefficient (Wildman–Crippen LogP) is 2.48. The van der Waals surface area contributed by atoms with Crippen molar-refractivity contribution in [1.82, 2.24) is 20.2 Å². The molecule has 6 nitrogen and oxygen atoms in total. The molecule has 2 aromatic heterocycles. The van der Waals surface area contributed by atoms with Gasteiger partial charge in [-0.15, -0.1) is 0 Å². The van der Waals surface area contributed by atoms with Crippen LogP contribution in [0.3, 0.4) is 0 Å². The molecular weight excluding hydrogens is 314 g/mol. The molecule has 2 aromatic rings. The number of rotatable bonds is 3. The SMILES string of the molecule is Cc1ccc2c(n1)N(Cc1ccncc1)CCN(C(=O)NC1CC1)C2. The first-order chi connectivity index (χ1) is 12.2. The average Bonchev–Trinajstić information content (AvgIpc) is 3.44. The second-order valence-corrected chi connectivity index (χ2v) is 6.86. The van der Waals surface area contributed by atoms with Crippen molar-refractivity contribution in [2.24, 2.45) is 0 Å². The summed E-state index contributed by atoms with van der Waals surface area (Å²) >= 11 is 0. The van der Waals surface area contributed by atoms with Gasteiger partial charge < -0.3 is 15.1 Å². The van der Waals surface area contributed by atoms with Crippen LogP contribution in [0.1, 0.15) is 29.7 Å². The predicted molar refractivity (Wildman–Crippen MR) is 96.2 cm³/mol. The largest absolute Gasteiger partial charge is 0.350 e. The summed E-state index contributed by atoms with van der Waals surface area (Å²) in [5, 5.41) is 3.10. The van der Waals surface area contributed by atoms with E-state index in [4.69, 9.17) is 4.98 Å². The van der Waals surface area contributed by atoms with Crippen molar-refractivity contribution < 1.29 is 4.79 Å². The monoisotopic (exact) mass is 337 g/mol. The van der Waals surface area contributed by atoms with Crippen molar-refractivity contribution in [1.29, 1.82) is 0 Å². The highest BCUT2D eigenvalue weighted by Crippen LogP contribution is 2.26. The standard InChI is InChI=1S/C19H23N5O/c1-14-2-3-16-13-24(19(25)22-17-4-5-17)11-10-23(18(16)21-14)12-15-6-8-20-9-7-15/h2-3,6-9,17H,4-5,10-13H2,1H3,(H,22,25). The zero-order valence-electron chi connectivity index (χ0n) is 14.5. The minimum atomic E-state index is 0.0415. The van der Waals surface area contributed by atoms with Crippen LogP contribution in [-0.2, 0) is 13.1 Å². The number of aryl methyl sites for hydroxylation is 1. The summed E-state index contributed by atoms with van der Waals surface area (Å²) in [6.07, 6.45) is 5.83. The van der Waals surface area contributed by atoms with Crippen LogP contribution in [0.15, 0.2) is 36.7 Å². The van der Waals surface area contributed by atoms with Crippen molar-refractivity contribution in [2.75, 3.05) is 18.0 Å². The maximum atomic E-state index is 12.5. The number of pyridine rings is 2. The fourth-order valence-corrected chi connectivity index (χ4v) is 3.13. The van der Waals surface area contributed by atoms with E-state index in [1.165, 1.54) is 5.56 Å². The molecule has 3 heterocycles. The number of nitrogens with one attached hydrogen (secondary N) is 1. The Morgan fingerprint density at radius 3 is 2.76 bits per heavy atom. The Hall–Kier alpha value is -2.63. The molecule has 1 aliphatic carbocycles. The van der Waals surface area contributed by atoms with Crippen molar-refractivity contribution in [3.05, 3.63) is 53.5 Å². The minimum Gasteiger partial charge on any atom is -0.350 e. The van der Waals surface area contributed by atoms with E-state index in [0.717, 1.165) is 43.0 Å². The van der Waals surface area contributed by atoms with Gasteiger partial charge in [0.05, 0.1) is 6.54 Å². The van der Waals surface area contributed by atoms with E-state index >= 15 is 0 Å². The van der Waals surface area contributed by atoms with Gasteiger partial charge in [0, 0.05) is 49.3 Å². The third-order valence-corrected chi connectivity index (χ3v) is 4.71. The van der Waals surface area contributed by atoms with Gasteiger partial charge in [0.2, 0.25) is 0 Å². The summed E-state index contributed by atoms with van der Waals surface area (Å²) < 4.78 is 0. The number of nitrogens with zero attached hydrogens (tertiary/aromatic N) is 4. The highest BCUT2D eigenvalue weighted by molar-refractivity contribution is 5.75. The quantitative estimate of drug-likeness (QED) is 0.935. The van der Waals surface area contributed by atoms with Crippen LogP contribution >= 0.6 is 0 Å². The molecule has 25 heavy (non-hydrogen) atoms. The van der Waals surface area contributed by atoms with Gasteiger partial charge in [0.1, 0.15) is 5.82 Å². The van der Waals surface area contributed by atoms with E-state index in [1.807, 2.05) is 42.4 Å². The number of fused-ring (bicyclic) bond motifs is 1. The van der Waals surface area contributed by atoms with E-state index < -0.39 is 0 Å². The van der Waals surface area contributed by atoms with Gasteiger partial charge in [0.25, 0.3) is 0 Å². The summed E-state index contributed by atoms with van der Waals surface area (Å²) in [5.41, 5.74) is 3.29. The number of amides is 2. The average molecular weight is 337 g/mol. The number of carbonyl (C=O) groups is 1. The molecule has 1 saturated carbocycles. The maximum Gasteiger partial charge on any atom is 0.317 e. The van der Waals surface area contributed by atoms with Gasteiger partial charge in [-0.2, -0.15) is 0 Å². The maximum absolute atomic E-state index is 12.5. The fourth-order valence-electron chi connectivity index (χ4n) is 3.13. The third-order valence-electron chi connectivity index (χ3n) is 4.71. The summed E-state index contributed by atoms with van der Waals surface area (Å²) in [7, 11) is 0. The molecule has 1 aliphatic heterocycles. The molecule has 1 N–H and O–H groups in total. The summed E-state index contributed by atoms with van der Waals surface area (Å²) in [4.78, 5) is 25.5. The smallest absolute Gasteiger partial charge is 0.317 e. The molecule has 2 amide bonds. The van der Waals surface area contributed by atoms with Crippen molar-refractivity contribution in [3.63, 3.8) is 0 Å². The van der Waals surface area contributed by atoms with Crippen LogP contribution in [-0.4, -0.2) is 40.0 Å². The van der Waals surface area contributed by atoms with Crippen molar-refractivity contribution in [2.45, 2.75) is 38.9 Å². The second-order valence-electron chi connectivity index (χ2n) is 6.86. The molecule has 0 unspecified atom stereocenters. The summed E-state index contributed by atoms with van der Waals surface area (Å²) in [5.74, 6) is 0.985. The van der Waals surface area contributed by atoms with Crippen molar-refractivity contribution >= 4 is 11.8 Å². The van der Waals surface area contributed by atoms with Crippen LogP contribution in [0.25, 0.3) is 0 Å². The molecule has 0 bridgehead atoms. The molecule has 0 atom stereocenters. The van der Waals surface area contributed by atoms with Crippen LogP contribution in [0, 0.1) is 6.92 Å². The van der Waals surface area contributed by atoms with Gasteiger partial charge in [-0.1, -0.05) is 6.07 Å². The number of urea groups is 1. The highest BCUT2D eigenvalue weighted by Gasteiger charge is 2.28. The van der Waals surface area contributed by atoms with Crippen LogP contribution in [0.4, 0.5) is 10.6 Å². The highest BCUT2D eigenvalue weighted by atomic mass is 16.2. The molecule has 4 rings (SSSR count). The molecule has 6 heteroatoms. The second kappa shape index (κ2) is 6.70. The number of carbonyl (C=O) groups excluding carboxylic acids is 1. The first-order valence-corrected chi connectivity index (χ1v) is 8.85. The number of hydrogen-bond acceptors (Lipinski definition) is 4. The van der Waals surface area contributed by atoms with Crippen LogP contribution in [0.5, 0.6) is 0 Å². The van der Waals surface area contributed by atoms with E-state index in [0.29, 0.717) is 19.1 Å². The lowest BCUT2D eigenvalue weighted by molar-refractivity contribution is 0.197. The first kappa shape index (κ1) is 15.9. The number of anilines is 1. The summed E-state index contributed by atoms with van der Waals surface area (Å²) in [6.45, 7) is 4.84. The first-order valence-electron chi connectivity index (χ1n) is 8.85. The molecule has 0 radical (unpaired) electrons. The lowest BCUT2D eigenvalue weighted by Gasteiger charge is -2.24. The number of hydrogen-bond donors (Lipinski definition) is 1. The lowest BCUT2D eigenvalue weighted by atomic mass is 10.2. The molecule has 0 spiro atoms. The Labute approximate surface area is 147 Å². The van der Waals surface area contributed by atoms with E-state index in [1.54, 1.807) is 0 Å². The molecule has 0 saturated heterocycles. The fraction of sp³-hybridized carbons (Fsp3) is 0.421. The molecule has 1 fully saturated rings. The molecule has 0 aromatic carbocycles. The zero-order valence-corrected chi connectivity index (χ0v) is 14.5. The van der Waals surface area contributed by atoms with Crippen molar-refractivity contribution in [3.8, 4) is 0 Å². The van der Waals surface area contributed by atoms with E-state index in [2.05, 4.69) is 21.3 Å². The lowest BCUT2D eigenvalue weighted by Crippen LogP contribution is -2.42. The Balaban J connectivity index is 1.58. The van der Waals surface area contributed by atoms with E-state index in [9.17, 15) is 4.79 Å². The van der Waals surface area contributed by atoms with Gasteiger partial charge in [-0.05, 0) is 43.5 Å². The number of aromatic nitrogens is 2.